The van der Waals surface area contributed by atoms with Gasteiger partial charge in [0.15, 0.2) is 5.69 Å². The molecule has 0 aliphatic carbocycles. The molecular weight excluding hydrogens is 276 g/mol. The molecule has 0 saturated carbocycles. The molecule has 1 N–H and O–H groups in total. The van der Waals surface area contributed by atoms with Gasteiger partial charge in [0, 0.05) is 26.1 Å². The topological polar surface area (TPSA) is 97.6 Å². The minimum atomic E-state index is -1.08. The normalized spacial score (nSPS) is 15.8. The molecule has 0 spiro atoms. The van der Waals surface area contributed by atoms with Gasteiger partial charge in [-0.25, -0.2) is 9.59 Å². The predicted octanol–water partition coefficient (Wildman–Crippen LogP) is 1.02. The van der Waals surface area contributed by atoms with Gasteiger partial charge >= 0.3 is 12.1 Å². The van der Waals surface area contributed by atoms with Gasteiger partial charge in [-0.05, 0) is 12.8 Å². The van der Waals surface area contributed by atoms with Crippen LogP contribution in [0.5, 0.6) is 0 Å². The molecule has 21 heavy (non-hydrogen) atoms. The highest BCUT2D eigenvalue weighted by atomic mass is 16.6. The maximum atomic E-state index is 11.7. The number of carbonyl (C=O) groups is 2. The van der Waals surface area contributed by atoms with Crippen LogP contribution in [-0.2, 0) is 11.8 Å². The molecule has 0 unspecified atom stereocenters. The fourth-order valence-electron chi connectivity index (χ4n) is 2.53. The maximum Gasteiger partial charge on any atom is 0.410 e. The van der Waals surface area contributed by atoms with Crippen LogP contribution in [0.2, 0.25) is 0 Å². The van der Waals surface area contributed by atoms with Crippen LogP contribution in [0.15, 0.2) is 12.7 Å². The summed E-state index contributed by atoms with van der Waals surface area (Å²) in [6, 6.07) is 0. The fraction of sp³-hybridized carbons (Fsp3) is 0.538. The summed E-state index contributed by atoms with van der Waals surface area (Å²) in [5.41, 5.74) is 0.604. The van der Waals surface area contributed by atoms with Crippen molar-refractivity contribution in [1.29, 1.82) is 0 Å². The molecule has 8 heteroatoms. The van der Waals surface area contributed by atoms with Gasteiger partial charge in [-0.15, -0.1) is 5.10 Å². The lowest BCUT2D eigenvalue weighted by atomic mass is 9.92. The lowest BCUT2D eigenvalue weighted by Crippen LogP contribution is -2.38. The molecule has 1 fully saturated rings. The largest absolute Gasteiger partial charge is 0.476 e. The standard InChI is InChI=1S/C13H18N4O4/c1-3-8-21-13(20)17-6-4-9(5-7-17)11-10(12(18)19)14-15-16(11)2/h3,9H,1,4-8H2,2H3,(H,18,19). The number of carboxylic acids is 1. The number of hydrogen-bond acceptors (Lipinski definition) is 5. The zero-order chi connectivity index (χ0) is 15.4. The number of carboxylic acid groups (broad SMARTS) is 1. The van der Waals surface area contributed by atoms with Crippen LogP contribution in [0.4, 0.5) is 4.79 Å². The molecule has 1 aromatic heterocycles. The summed E-state index contributed by atoms with van der Waals surface area (Å²) in [6.45, 7) is 4.72. The first-order chi connectivity index (χ1) is 10.0. The molecule has 114 valence electrons. The van der Waals surface area contributed by atoms with E-state index in [2.05, 4.69) is 16.9 Å². The highest BCUT2D eigenvalue weighted by Crippen LogP contribution is 2.29. The number of hydrogen-bond donors (Lipinski definition) is 1. The van der Waals surface area contributed by atoms with E-state index in [1.165, 1.54) is 10.8 Å². The van der Waals surface area contributed by atoms with Gasteiger partial charge in [0.05, 0.1) is 5.69 Å². The molecule has 0 bridgehead atoms. The molecule has 1 aliphatic heterocycles. The average molecular weight is 294 g/mol. The molecule has 0 atom stereocenters. The van der Waals surface area contributed by atoms with Gasteiger partial charge in [-0.1, -0.05) is 17.9 Å². The second-order valence-electron chi connectivity index (χ2n) is 4.88. The summed E-state index contributed by atoms with van der Waals surface area (Å²) in [7, 11) is 1.68. The van der Waals surface area contributed by atoms with Crippen molar-refractivity contribution in [2.45, 2.75) is 18.8 Å². The third-order valence-corrected chi connectivity index (χ3v) is 3.54. The summed E-state index contributed by atoms with van der Waals surface area (Å²) in [5.74, 6) is -1.05. The van der Waals surface area contributed by atoms with E-state index in [1.54, 1.807) is 11.9 Å². The SMILES string of the molecule is C=CCOC(=O)N1CCC(c2c(C(=O)O)nnn2C)CC1. The first-order valence-corrected chi connectivity index (χ1v) is 6.70. The van der Waals surface area contributed by atoms with E-state index in [1.807, 2.05) is 0 Å². The molecule has 0 radical (unpaired) electrons. The smallest absolute Gasteiger partial charge is 0.410 e. The molecule has 2 rings (SSSR count). The Kier molecular flexibility index (Phi) is 4.56. The van der Waals surface area contributed by atoms with E-state index in [0.29, 0.717) is 31.6 Å². The Hall–Kier alpha value is -2.38. The Morgan fingerprint density at radius 1 is 1.48 bits per heavy atom. The summed E-state index contributed by atoms with van der Waals surface area (Å²) < 4.78 is 6.49. The zero-order valence-electron chi connectivity index (χ0n) is 11.9. The Morgan fingerprint density at radius 2 is 2.14 bits per heavy atom. The lowest BCUT2D eigenvalue weighted by Gasteiger charge is -2.31. The number of likely N-dealkylation sites (tertiary alicyclic amines) is 1. The number of aryl methyl sites for hydroxylation is 1. The summed E-state index contributed by atoms with van der Waals surface area (Å²) >= 11 is 0. The Bertz CT molecular complexity index is 546. The third kappa shape index (κ3) is 3.21. The van der Waals surface area contributed by atoms with Gasteiger partial charge in [-0.3, -0.25) is 4.68 Å². The van der Waals surface area contributed by atoms with Crippen LogP contribution >= 0.6 is 0 Å². The van der Waals surface area contributed by atoms with Gasteiger partial charge in [-0.2, -0.15) is 0 Å². The molecule has 8 nitrogen and oxygen atoms in total. The van der Waals surface area contributed by atoms with Crippen molar-refractivity contribution in [2.75, 3.05) is 19.7 Å². The molecule has 1 aliphatic rings. The molecule has 1 saturated heterocycles. The monoisotopic (exact) mass is 294 g/mol. The summed E-state index contributed by atoms with van der Waals surface area (Å²) in [6.07, 6.45) is 2.47. The number of ether oxygens (including phenoxy) is 1. The van der Waals surface area contributed by atoms with Crippen LogP contribution in [0.3, 0.4) is 0 Å². The lowest BCUT2D eigenvalue weighted by molar-refractivity contribution is 0.0685. The van der Waals surface area contributed by atoms with E-state index in [4.69, 9.17) is 9.84 Å². The Morgan fingerprint density at radius 3 is 2.71 bits per heavy atom. The van der Waals surface area contributed by atoms with Crippen LogP contribution in [0, 0.1) is 0 Å². The van der Waals surface area contributed by atoms with Gasteiger partial charge in [0.25, 0.3) is 0 Å². The van der Waals surface area contributed by atoms with Crippen LogP contribution in [0.1, 0.15) is 34.9 Å². The number of piperidine rings is 1. The van der Waals surface area contributed by atoms with Crippen molar-refractivity contribution in [2.24, 2.45) is 7.05 Å². The van der Waals surface area contributed by atoms with Gasteiger partial charge in [0.1, 0.15) is 6.61 Å². The fourth-order valence-corrected chi connectivity index (χ4v) is 2.53. The molecule has 1 amide bonds. The van der Waals surface area contributed by atoms with Crippen molar-refractivity contribution in [1.82, 2.24) is 19.9 Å². The van der Waals surface area contributed by atoms with Crippen molar-refractivity contribution >= 4 is 12.1 Å². The molecule has 1 aromatic rings. The molecular formula is C13H18N4O4. The minimum Gasteiger partial charge on any atom is -0.476 e. The summed E-state index contributed by atoms with van der Waals surface area (Å²) in [4.78, 5) is 24.5. The highest BCUT2D eigenvalue weighted by molar-refractivity contribution is 5.86. The average Bonchev–Trinajstić information content (AvgIpc) is 2.87. The number of aromatic nitrogens is 3. The molecule has 2 heterocycles. The van der Waals surface area contributed by atoms with Crippen molar-refractivity contribution in [3.8, 4) is 0 Å². The quantitative estimate of drug-likeness (QED) is 0.832. The Balaban J connectivity index is 2.01. The van der Waals surface area contributed by atoms with Crippen molar-refractivity contribution in [3.05, 3.63) is 24.0 Å². The number of amides is 1. The van der Waals surface area contributed by atoms with E-state index in [-0.39, 0.29) is 24.3 Å². The second kappa shape index (κ2) is 6.38. The number of rotatable bonds is 4. The zero-order valence-corrected chi connectivity index (χ0v) is 11.9. The van der Waals surface area contributed by atoms with Crippen LogP contribution in [0.25, 0.3) is 0 Å². The van der Waals surface area contributed by atoms with Gasteiger partial charge in [0.2, 0.25) is 0 Å². The maximum absolute atomic E-state index is 11.7. The first kappa shape index (κ1) is 15.0. The highest BCUT2D eigenvalue weighted by Gasteiger charge is 2.30. The number of nitrogens with zero attached hydrogens (tertiary/aromatic N) is 4. The van der Waals surface area contributed by atoms with E-state index in [0.717, 1.165) is 0 Å². The van der Waals surface area contributed by atoms with Crippen molar-refractivity contribution < 1.29 is 19.4 Å². The van der Waals surface area contributed by atoms with E-state index < -0.39 is 5.97 Å². The van der Waals surface area contributed by atoms with Crippen molar-refractivity contribution in [3.63, 3.8) is 0 Å². The molecule has 0 aromatic carbocycles. The third-order valence-electron chi connectivity index (χ3n) is 3.54. The minimum absolute atomic E-state index is 0.00909. The first-order valence-electron chi connectivity index (χ1n) is 6.70. The van der Waals surface area contributed by atoms with E-state index in [9.17, 15) is 9.59 Å². The van der Waals surface area contributed by atoms with E-state index >= 15 is 0 Å². The predicted molar refractivity (Wildman–Crippen MR) is 73.1 cm³/mol. The van der Waals surface area contributed by atoms with Crippen LogP contribution < -0.4 is 0 Å². The summed E-state index contributed by atoms with van der Waals surface area (Å²) in [5, 5.41) is 16.6. The second-order valence-corrected chi connectivity index (χ2v) is 4.88. The number of aromatic carboxylic acids is 1. The van der Waals surface area contributed by atoms with Crippen LogP contribution in [-0.4, -0.2) is 56.8 Å². The van der Waals surface area contributed by atoms with Gasteiger partial charge < -0.3 is 14.7 Å². The number of carbonyl (C=O) groups excluding carboxylic acids is 1. The Labute approximate surface area is 122 Å².